The van der Waals surface area contributed by atoms with Crippen molar-refractivity contribution in [1.82, 2.24) is 5.32 Å². The summed E-state index contributed by atoms with van der Waals surface area (Å²) in [5.74, 6) is -0.124. The Morgan fingerprint density at radius 3 is 2.48 bits per heavy atom. The fourth-order valence-electron chi connectivity index (χ4n) is 3.67. The Kier molecular flexibility index (Phi) is 4.58. The molecule has 31 heavy (non-hydrogen) atoms. The van der Waals surface area contributed by atoms with Crippen molar-refractivity contribution >= 4 is 28.2 Å². The number of alkyl halides is 3. The highest BCUT2D eigenvalue weighted by Crippen LogP contribution is 2.37. The number of halogens is 3. The molecule has 1 N–H and O–H groups in total. The number of ketones is 1. The molecule has 3 nitrogen and oxygen atoms in total. The zero-order chi connectivity index (χ0) is 21.6. The van der Waals surface area contributed by atoms with Crippen LogP contribution in [-0.2, 0) is 15.7 Å². The van der Waals surface area contributed by atoms with Gasteiger partial charge in [-0.15, -0.1) is 0 Å². The number of carbonyl (C=O) groups excluding carboxylic acids is 1. The van der Waals surface area contributed by atoms with E-state index >= 15 is 0 Å². The van der Waals surface area contributed by atoms with Crippen molar-refractivity contribution in [2.75, 3.05) is 0 Å². The minimum atomic E-state index is -4.50. The molecule has 1 fully saturated rings. The van der Waals surface area contributed by atoms with E-state index < -0.39 is 17.5 Å². The Balaban J connectivity index is 1.57. The van der Waals surface area contributed by atoms with Gasteiger partial charge in [0.2, 0.25) is 11.7 Å². The third-order valence-corrected chi connectivity index (χ3v) is 5.39. The molecule has 0 amide bonds. The standard InChI is InChI=1S/C25H18F3NO2/c26-25(27,28)18-9-4-8-17(13-18)22-23(30)21(31-24(22)29-19-11-12-19)14-16-7-3-6-15-5-1-2-10-20(15)16/h1-10,13-14,19,29H,11-12H2. The molecule has 0 bridgehead atoms. The van der Waals surface area contributed by atoms with Gasteiger partial charge in [-0.1, -0.05) is 54.6 Å². The second-order valence-electron chi connectivity index (χ2n) is 7.71. The van der Waals surface area contributed by atoms with Crippen LogP contribution in [0.25, 0.3) is 22.4 Å². The van der Waals surface area contributed by atoms with Gasteiger partial charge in [0.15, 0.2) is 5.76 Å². The SMILES string of the molecule is O=C1C(=Cc2cccc3ccccc23)OC(NC2CC2)=C1c1cccc(C(F)(F)F)c1. The Morgan fingerprint density at radius 2 is 1.71 bits per heavy atom. The first-order valence-corrected chi connectivity index (χ1v) is 10.0. The van der Waals surface area contributed by atoms with Crippen LogP contribution in [0.3, 0.4) is 0 Å². The summed E-state index contributed by atoms with van der Waals surface area (Å²) in [6, 6.07) is 18.5. The second kappa shape index (κ2) is 7.30. The predicted molar refractivity (Wildman–Crippen MR) is 113 cm³/mol. The third kappa shape index (κ3) is 3.81. The Morgan fingerprint density at radius 1 is 0.968 bits per heavy atom. The lowest BCUT2D eigenvalue weighted by atomic mass is 9.98. The van der Waals surface area contributed by atoms with E-state index in [9.17, 15) is 18.0 Å². The predicted octanol–water partition coefficient (Wildman–Crippen LogP) is 5.92. The van der Waals surface area contributed by atoms with E-state index in [0.717, 1.165) is 41.3 Å². The van der Waals surface area contributed by atoms with E-state index in [4.69, 9.17) is 4.74 Å². The van der Waals surface area contributed by atoms with Crippen molar-refractivity contribution in [1.29, 1.82) is 0 Å². The number of fused-ring (bicyclic) bond motifs is 1. The highest BCUT2D eigenvalue weighted by molar-refractivity contribution is 6.31. The van der Waals surface area contributed by atoms with Gasteiger partial charge < -0.3 is 10.1 Å². The van der Waals surface area contributed by atoms with E-state index in [1.54, 1.807) is 6.08 Å². The molecule has 0 unspecified atom stereocenters. The number of carbonyl (C=O) groups is 1. The van der Waals surface area contributed by atoms with E-state index in [1.165, 1.54) is 12.1 Å². The number of hydrogen-bond acceptors (Lipinski definition) is 3. The molecule has 0 aromatic heterocycles. The first-order valence-electron chi connectivity index (χ1n) is 10.0. The average molecular weight is 421 g/mol. The van der Waals surface area contributed by atoms with Gasteiger partial charge in [-0.25, -0.2) is 0 Å². The summed E-state index contributed by atoms with van der Waals surface area (Å²) in [5.41, 5.74) is 0.314. The summed E-state index contributed by atoms with van der Waals surface area (Å²) in [6.07, 6.45) is -0.983. The summed E-state index contributed by atoms with van der Waals surface area (Å²) in [5, 5.41) is 5.13. The lowest BCUT2D eigenvalue weighted by Gasteiger charge is -2.10. The molecular weight excluding hydrogens is 403 g/mol. The summed E-state index contributed by atoms with van der Waals surface area (Å²) in [6.45, 7) is 0. The average Bonchev–Trinajstić information content (AvgIpc) is 3.51. The van der Waals surface area contributed by atoms with Crippen LogP contribution in [-0.4, -0.2) is 11.8 Å². The van der Waals surface area contributed by atoms with E-state index in [1.807, 2.05) is 42.5 Å². The van der Waals surface area contributed by atoms with Crippen LogP contribution in [0.4, 0.5) is 13.2 Å². The van der Waals surface area contributed by atoms with Gasteiger partial charge in [-0.2, -0.15) is 13.2 Å². The monoisotopic (exact) mass is 421 g/mol. The van der Waals surface area contributed by atoms with Gasteiger partial charge in [-0.05, 0) is 52.9 Å². The normalized spacial score (nSPS) is 18.0. The van der Waals surface area contributed by atoms with E-state index in [0.29, 0.717) is 0 Å². The number of nitrogens with one attached hydrogen (secondary N) is 1. The fraction of sp³-hybridized carbons (Fsp3) is 0.160. The third-order valence-electron chi connectivity index (χ3n) is 5.39. The van der Waals surface area contributed by atoms with Crippen LogP contribution in [0.2, 0.25) is 0 Å². The Labute approximate surface area is 176 Å². The molecule has 1 aliphatic carbocycles. The quantitative estimate of drug-likeness (QED) is 0.532. The number of hydrogen-bond donors (Lipinski definition) is 1. The maximum Gasteiger partial charge on any atom is 0.416 e. The highest BCUT2D eigenvalue weighted by atomic mass is 19.4. The number of allylic oxidation sites excluding steroid dienone is 1. The van der Waals surface area contributed by atoms with E-state index in [-0.39, 0.29) is 28.8 Å². The molecule has 1 heterocycles. The Hall–Kier alpha value is -3.54. The fourth-order valence-corrected chi connectivity index (χ4v) is 3.67. The van der Waals surface area contributed by atoms with Crippen LogP contribution in [0, 0.1) is 0 Å². The molecule has 5 rings (SSSR count). The minimum Gasteiger partial charge on any atom is -0.436 e. The molecule has 1 saturated carbocycles. The molecule has 0 saturated heterocycles. The molecule has 1 aliphatic heterocycles. The van der Waals surface area contributed by atoms with Gasteiger partial charge in [0.05, 0.1) is 11.1 Å². The largest absolute Gasteiger partial charge is 0.436 e. The summed E-state index contributed by atoms with van der Waals surface area (Å²) >= 11 is 0. The van der Waals surface area contributed by atoms with Gasteiger partial charge in [-0.3, -0.25) is 4.79 Å². The molecule has 0 atom stereocenters. The molecule has 156 valence electrons. The first kappa shape index (κ1) is 19.4. The van der Waals surface area contributed by atoms with Gasteiger partial charge in [0.25, 0.3) is 0 Å². The van der Waals surface area contributed by atoms with Crippen LogP contribution in [0.5, 0.6) is 0 Å². The lowest BCUT2D eigenvalue weighted by Crippen LogP contribution is -2.16. The van der Waals surface area contributed by atoms with Crippen LogP contribution in [0.1, 0.15) is 29.5 Å². The first-order chi connectivity index (χ1) is 14.9. The van der Waals surface area contributed by atoms with Crippen LogP contribution < -0.4 is 5.32 Å². The molecule has 0 spiro atoms. The maximum absolute atomic E-state index is 13.2. The second-order valence-corrected chi connectivity index (χ2v) is 7.71. The molecule has 3 aromatic carbocycles. The van der Waals surface area contributed by atoms with Crippen molar-refractivity contribution < 1.29 is 22.7 Å². The van der Waals surface area contributed by atoms with Gasteiger partial charge in [0, 0.05) is 6.04 Å². The van der Waals surface area contributed by atoms with Crippen molar-refractivity contribution in [3.8, 4) is 0 Å². The number of rotatable bonds is 4. The topological polar surface area (TPSA) is 38.3 Å². The molecule has 2 aliphatic rings. The molecular formula is C25H18F3NO2. The van der Waals surface area contributed by atoms with Crippen molar-refractivity contribution in [2.45, 2.75) is 25.1 Å². The summed E-state index contributed by atoms with van der Waals surface area (Å²) in [7, 11) is 0. The number of Topliss-reactive ketones (excluding diaryl/α,β-unsaturated/α-hetero) is 1. The van der Waals surface area contributed by atoms with Crippen molar-refractivity contribution in [2.24, 2.45) is 0 Å². The summed E-state index contributed by atoms with van der Waals surface area (Å²) in [4.78, 5) is 13.2. The van der Waals surface area contributed by atoms with Crippen molar-refractivity contribution in [3.63, 3.8) is 0 Å². The maximum atomic E-state index is 13.2. The number of benzene rings is 3. The van der Waals surface area contributed by atoms with Crippen molar-refractivity contribution in [3.05, 3.63) is 95.1 Å². The minimum absolute atomic E-state index is 0.0897. The highest BCUT2D eigenvalue weighted by Gasteiger charge is 2.37. The number of ether oxygens (including phenoxy) is 1. The zero-order valence-corrected chi connectivity index (χ0v) is 16.4. The van der Waals surface area contributed by atoms with Crippen LogP contribution >= 0.6 is 0 Å². The van der Waals surface area contributed by atoms with Crippen LogP contribution in [0.15, 0.2) is 78.4 Å². The zero-order valence-electron chi connectivity index (χ0n) is 16.4. The molecule has 6 heteroatoms. The lowest BCUT2D eigenvalue weighted by molar-refractivity contribution is -0.137. The molecule has 0 radical (unpaired) electrons. The Bertz CT molecular complexity index is 1250. The van der Waals surface area contributed by atoms with Gasteiger partial charge >= 0.3 is 6.18 Å². The summed E-state index contributed by atoms with van der Waals surface area (Å²) < 4.78 is 45.5. The van der Waals surface area contributed by atoms with Gasteiger partial charge in [0.1, 0.15) is 0 Å². The van der Waals surface area contributed by atoms with E-state index in [2.05, 4.69) is 5.32 Å². The molecule has 3 aromatic rings. The smallest absolute Gasteiger partial charge is 0.416 e.